The van der Waals surface area contributed by atoms with Crippen molar-refractivity contribution in [1.82, 2.24) is 30.1 Å². The topological polar surface area (TPSA) is 93.6 Å². The highest BCUT2D eigenvalue weighted by Gasteiger charge is 2.25. The van der Waals surface area contributed by atoms with Gasteiger partial charge in [-0.3, -0.25) is 4.68 Å². The zero-order valence-corrected chi connectivity index (χ0v) is 14.5. The minimum Gasteiger partial charge on any atom is -0.369 e. The molecule has 8 heteroatoms. The molecule has 1 aliphatic rings. The average molecular weight is 349 g/mol. The number of nitriles is 1. The van der Waals surface area contributed by atoms with Crippen molar-refractivity contribution in [2.45, 2.75) is 25.8 Å². The second-order valence-corrected chi connectivity index (χ2v) is 6.28. The Hall–Kier alpha value is -3.02. The van der Waals surface area contributed by atoms with E-state index in [9.17, 15) is 0 Å². The molecule has 1 N–H and O–H groups in total. The maximum atomic E-state index is 8.96. The lowest BCUT2D eigenvalue weighted by Gasteiger charge is -2.24. The first-order valence-electron chi connectivity index (χ1n) is 8.46. The summed E-state index contributed by atoms with van der Waals surface area (Å²) >= 11 is 0. The van der Waals surface area contributed by atoms with E-state index in [4.69, 9.17) is 10.00 Å². The van der Waals surface area contributed by atoms with E-state index in [2.05, 4.69) is 26.8 Å². The van der Waals surface area contributed by atoms with Crippen LogP contribution in [0, 0.1) is 11.3 Å². The summed E-state index contributed by atoms with van der Waals surface area (Å²) in [6.45, 7) is 2.53. The van der Waals surface area contributed by atoms with E-state index in [1.54, 1.807) is 16.9 Å². The van der Waals surface area contributed by atoms with Crippen LogP contribution in [0.2, 0.25) is 0 Å². The molecule has 8 nitrogen and oxygen atoms in total. The molecule has 0 aliphatic carbocycles. The van der Waals surface area contributed by atoms with Gasteiger partial charge in [0.05, 0.1) is 42.3 Å². The third-order valence-electron chi connectivity index (χ3n) is 4.49. The number of rotatable bonds is 5. The normalized spacial score (nSPS) is 16.2. The molecule has 26 heavy (non-hydrogen) atoms. The number of nitrogens with one attached hydrogen (secondary N) is 1. The van der Waals surface area contributed by atoms with Crippen LogP contribution in [-0.2, 0) is 31.5 Å². The molecule has 3 heterocycles. The summed E-state index contributed by atoms with van der Waals surface area (Å²) in [5.41, 5.74) is 4.49. The summed E-state index contributed by atoms with van der Waals surface area (Å²) in [5.74, 6) is 0. The summed E-state index contributed by atoms with van der Waals surface area (Å²) in [6, 6.07) is 11.7. The largest absolute Gasteiger partial charge is 0.369 e. The van der Waals surface area contributed by atoms with Crippen molar-refractivity contribution in [2.24, 2.45) is 7.05 Å². The van der Waals surface area contributed by atoms with Gasteiger partial charge in [-0.1, -0.05) is 17.3 Å². The van der Waals surface area contributed by atoms with Crippen LogP contribution >= 0.6 is 0 Å². The molecule has 3 aromatic rings. The van der Waals surface area contributed by atoms with Gasteiger partial charge in [-0.2, -0.15) is 10.4 Å². The molecule has 0 unspecified atom stereocenters. The monoisotopic (exact) mass is 349 g/mol. The van der Waals surface area contributed by atoms with Crippen LogP contribution < -0.4 is 5.32 Å². The lowest BCUT2D eigenvalue weighted by atomic mass is 10.1. The van der Waals surface area contributed by atoms with Crippen molar-refractivity contribution >= 4 is 0 Å². The van der Waals surface area contributed by atoms with Crippen LogP contribution in [0.3, 0.4) is 0 Å². The smallest absolute Gasteiger partial charge is 0.136 e. The van der Waals surface area contributed by atoms with E-state index in [-0.39, 0.29) is 6.10 Å². The van der Waals surface area contributed by atoms with Crippen LogP contribution in [0.5, 0.6) is 0 Å². The van der Waals surface area contributed by atoms with Crippen molar-refractivity contribution < 1.29 is 4.74 Å². The number of hydrogen-bond acceptors (Lipinski definition) is 6. The molecule has 2 aromatic heterocycles. The van der Waals surface area contributed by atoms with Gasteiger partial charge in [-0.15, -0.1) is 5.10 Å². The van der Waals surface area contributed by atoms with Gasteiger partial charge in [0, 0.05) is 26.3 Å². The fourth-order valence-electron chi connectivity index (χ4n) is 3.12. The minimum atomic E-state index is 0.0303. The first kappa shape index (κ1) is 16.4. The Bertz CT molecular complexity index is 953. The van der Waals surface area contributed by atoms with Gasteiger partial charge in [0.2, 0.25) is 0 Å². The van der Waals surface area contributed by atoms with Gasteiger partial charge >= 0.3 is 0 Å². The van der Waals surface area contributed by atoms with Gasteiger partial charge < -0.3 is 10.1 Å². The number of hydrogen-bond donors (Lipinski definition) is 1. The molecule has 0 radical (unpaired) electrons. The fraction of sp³-hybridized carbons (Fsp3) is 0.333. The van der Waals surface area contributed by atoms with Crippen molar-refractivity contribution in [1.29, 1.82) is 5.26 Å². The van der Waals surface area contributed by atoms with Crippen molar-refractivity contribution in [3.8, 4) is 17.5 Å². The summed E-state index contributed by atoms with van der Waals surface area (Å²) < 4.78 is 9.68. The van der Waals surface area contributed by atoms with E-state index in [0.717, 1.165) is 22.6 Å². The van der Waals surface area contributed by atoms with E-state index < -0.39 is 0 Å². The van der Waals surface area contributed by atoms with E-state index >= 15 is 0 Å². The first-order chi connectivity index (χ1) is 12.7. The predicted molar refractivity (Wildman–Crippen MR) is 93.7 cm³/mol. The molecule has 0 fully saturated rings. The zero-order valence-electron chi connectivity index (χ0n) is 14.5. The van der Waals surface area contributed by atoms with E-state index in [1.165, 1.54) is 0 Å². The van der Waals surface area contributed by atoms with Gasteiger partial charge in [-0.25, -0.2) is 4.68 Å². The third-order valence-corrected chi connectivity index (χ3v) is 4.49. The lowest BCUT2D eigenvalue weighted by Crippen LogP contribution is -2.36. The molecule has 1 aliphatic heterocycles. The van der Waals surface area contributed by atoms with Gasteiger partial charge in [0.25, 0.3) is 0 Å². The Balaban J connectivity index is 1.37. The molecular weight excluding hydrogens is 330 g/mol. The molecule has 0 saturated carbocycles. The number of aromatic nitrogens is 5. The molecule has 132 valence electrons. The second-order valence-electron chi connectivity index (χ2n) is 6.28. The fourth-order valence-corrected chi connectivity index (χ4v) is 3.12. The number of aryl methyl sites for hydroxylation is 1. The molecule has 1 atom stereocenters. The standard InChI is InChI=1S/C18H19N7O/c1-24-16(5-6-21-24)18-17-12-26-15(11-25(17)23-22-18)10-20-9-14-4-2-3-13(7-14)8-19/h2-7,15,20H,9-12H2,1H3/t15-/m1/s1. The molecule has 4 rings (SSSR count). The Kier molecular flexibility index (Phi) is 4.48. The molecule has 0 saturated heterocycles. The Labute approximate surface area is 151 Å². The summed E-state index contributed by atoms with van der Waals surface area (Å²) in [5, 5.41) is 25.1. The Morgan fingerprint density at radius 3 is 3.12 bits per heavy atom. The van der Waals surface area contributed by atoms with E-state index in [1.807, 2.05) is 36.0 Å². The SMILES string of the molecule is Cn1nccc1-c1nnn2c1CO[C@H](CNCc1cccc(C#N)c1)C2. The maximum absolute atomic E-state index is 8.96. The number of nitrogens with zero attached hydrogens (tertiary/aromatic N) is 6. The molecule has 1 aromatic carbocycles. The molecule has 0 bridgehead atoms. The Morgan fingerprint density at radius 2 is 2.31 bits per heavy atom. The van der Waals surface area contributed by atoms with Gasteiger partial charge in [0.15, 0.2) is 0 Å². The predicted octanol–water partition coefficient (Wildman–Crippen LogP) is 1.24. The second kappa shape index (κ2) is 7.07. The van der Waals surface area contributed by atoms with Crippen LogP contribution in [0.4, 0.5) is 0 Å². The van der Waals surface area contributed by atoms with Crippen molar-refractivity contribution in [2.75, 3.05) is 6.54 Å². The van der Waals surface area contributed by atoms with Crippen LogP contribution in [-0.4, -0.2) is 37.4 Å². The van der Waals surface area contributed by atoms with Crippen LogP contribution in [0.1, 0.15) is 16.8 Å². The quantitative estimate of drug-likeness (QED) is 0.745. The first-order valence-corrected chi connectivity index (χ1v) is 8.46. The highest BCUT2D eigenvalue weighted by molar-refractivity contribution is 5.56. The molecular formula is C18H19N7O. The van der Waals surface area contributed by atoms with Crippen LogP contribution in [0.15, 0.2) is 36.5 Å². The molecule has 0 amide bonds. The lowest BCUT2D eigenvalue weighted by molar-refractivity contribution is 0.00123. The minimum absolute atomic E-state index is 0.0303. The maximum Gasteiger partial charge on any atom is 0.136 e. The van der Waals surface area contributed by atoms with Gasteiger partial charge in [-0.05, 0) is 23.8 Å². The number of benzene rings is 1. The highest BCUT2D eigenvalue weighted by atomic mass is 16.5. The van der Waals surface area contributed by atoms with E-state index in [0.29, 0.717) is 31.8 Å². The summed E-state index contributed by atoms with van der Waals surface area (Å²) in [7, 11) is 1.89. The number of ether oxygens (including phenoxy) is 1. The number of fused-ring (bicyclic) bond motifs is 1. The zero-order chi connectivity index (χ0) is 17.9. The summed E-state index contributed by atoms with van der Waals surface area (Å²) in [4.78, 5) is 0. The molecule has 0 spiro atoms. The third kappa shape index (κ3) is 3.22. The van der Waals surface area contributed by atoms with Crippen molar-refractivity contribution in [3.63, 3.8) is 0 Å². The van der Waals surface area contributed by atoms with Crippen LogP contribution in [0.25, 0.3) is 11.4 Å². The van der Waals surface area contributed by atoms with Crippen molar-refractivity contribution in [3.05, 3.63) is 53.3 Å². The Morgan fingerprint density at radius 1 is 1.38 bits per heavy atom. The average Bonchev–Trinajstić information content (AvgIpc) is 3.27. The summed E-state index contributed by atoms with van der Waals surface area (Å²) in [6.07, 6.45) is 1.78. The highest BCUT2D eigenvalue weighted by Crippen LogP contribution is 2.24. The van der Waals surface area contributed by atoms with Gasteiger partial charge in [0.1, 0.15) is 5.69 Å².